The van der Waals surface area contributed by atoms with Gasteiger partial charge in [-0.25, -0.2) is 4.79 Å². The Morgan fingerprint density at radius 2 is 2.00 bits per heavy atom. The standard InChI is InChI=1S/C12H13NO4/c1-9(14)13-17-12(16)11(15)8-7-10-5-3-2-4-6-10/h2-6,8,15H,7H2,1H3,(H,13,14). The normalized spacial score (nSPS) is 10.8. The molecule has 17 heavy (non-hydrogen) atoms. The smallest absolute Gasteiger partial charge is 0.397 e. The lowest BCUT2D eigenvalue weighted by Gasteiger charge is -2.02. The number of carbonyl (C=O) groups is 2. The van der Waals surface area contributed by atoms with Gasteiger partial charge in [-0.15, -0.1) is 0 Å². The van der Waals surface area contributed by atoms with E-state index in [0.717, 1.165) is 5.56 Å². The molecule has 0 atom stereocenters. The number of carbonyl (C=O) groups excluding carboxylic acids is 2. The van der Waals surface area contributed by atoms with E-state index in [2.05, 4.69) is 4.84 Å². The van der Waals surface area contributed by atoms with E-state index < -0.39 is 17.6 Å². The number of allylic oxidation sites excluding steroid dienone is 1. The van der Waals surface area contributed by atoms with Crippen LogP contribution in [-0.4, -0.2) is 17.0 Å². The highest BCUT2D eigenvalue weighted by molar-refractivity contribution is 5.86. The largest absolute Gasteiger partial charge is 0.502 e. The van der Waals surface area contributed by atoms with Crippen molar-refractivity contribution in [2.45, 2.75) is 13.3 Å². The lowest BCUT2D eigenvalue weighted by atomic mass is 10.1. The number of amides is 1. The monoisotopic (exact) mass is 235 g/mol. The number of nitrogens with one attached hydrogen (secondary N) is 1. The van der Waals surface area contributed by atoms with Gasteiger partial charge in [0, 0.05) is 6.92 Å². The highest BCUT2D eigenvalue weighted by atomic mass is 16.7. The Morgan fingerprint density at radius 3 is 2.59 bits per heavy atom. The zero-order valence-corrected chi connectivity index (χ0v) is 9.34. The molecular formula is C12H13NO4. The van der Waals surface area contributed by atoms with Gasteiger partial charge in [0.1, 0.15) is 0 Å². The first-order chi connectivity index (χ1) is 8.09. The Balaban J connectivity index is 2.49. The van der Waals surface area contributed by atoms with Crippen LogP contribution in [0.4, 0.5) is 0 Å². The third-order valence-corrected chi connectivity index (χ3v) is 1.87. The molecule has 0 aliphatic heterocycles. The van der Waals surface area contributed by atoms with E-state index in [1.54, 1.807) is 0 Å². The van der Waals surface area contributed by atoms with Gasteiger partial charge in [0.15, 0.2) is 5.76 Å². The molecule has 0 saturated heterocycles. The number of hydroxylamine groups is 1. The SMILES string of the molecule is CC(=O)NOC(=O)C(O)=CCc1ccccc1. The van der Waals surface area contributed by atoms with Crippen LogP contribution < -0.4 is 5.48 Å². The number of aliphatic hydroxyl groups is 1. The number of benzene rings is 1. The second-order valence-corrected chi connectivity index (χ2v) is 3.33. The van der Waals surface area contributed by atoms with Crippen molar-refractivity contribution in [3.05, 3.63) is 47.7 Å². The van der Waals surface area contributed by atoms with Crippen LogP contribution in [0.15, 0.2) is 42.2 Å². The van der Waals surface area contributed by atoms with Crippen molar-refractivity contribution in [3.8, 4) is 0 Å². The van der Waals surface area contributed by atoms with Crippen LogP contribution in [0.25, 0.3) is 0 Å². The Kier molecular flexibility index (Phi) is 4.75. The van der Waals surface area contributed by atoms with E-state index in [4.69, 9.17) is 0 Å². The van der Waals surface area contributed by atoms with Crippen molar-refractivity contribution in [1.29, 1.82) is 0 Å². The first-order valence-corrected chi connectivity index (χ1v) is 5.00. The molecule has 0 fully saturated rings. The molecule has 0 spiro atoms. The van der Waals surface area contributed by atoms with Crippen LogP contribution in [0, 0.1) is 0 Å². The fraction of sp³-hybridized carbons (Fsp3) is 0.167. The summed E-state index contributed by atoms with van der Waals surface area (Å²) in [6.45, 7) is 1.19. The van der Waals surface area contributed by atoms with Gasteiger partial charge >= 0.3 is 5.97 Å². The molecule has 0 aromatic heterocycles. The molecule has 0 bridgehead atoms. The van der Waals surface area contributed by atoms with Crippen LogP contribution >= 0.6 is 0 Å². The van der Waals surface area contributed by atoms with Crippen molar-refractivity contribution in [2.24, 2.45) is 0 Å². The third-order valence-electron chi connectivity index (χ3n) is 1.87. The highest BCUT2D eigenvalue weighted by Gasteiger charge is 2.09. The van der Waals surface area contributed by atoms with E-state index in [9.17, 15) is 14.7 Å². The molecule has 2 N–H and O–H groups in total. The maximum Gasteiger partial charge on any atom is 0.397 e. The van der Waals surface area contributed by atoms with Crippen molar-refractivity contribution in [2.75, 3.05) is 0 Å². The van der Waals surface area contributed by atoms with Crippen molar-refractivity contribution < 1.29 is 19.5 Å². The van der Waals surface area contributed by atoms with Crippen LogP contribution in [0.3, 0.4) is 0 Å². The fourth-order valence-electron chi connectivity index (χ4n) is 1.08. The zero-order chi connectivity index (χ0) is 12.7. The number of rotatable bonds is 3. The van der Waals surface area contributed by atoms with Gasteiger partial charge in [-0.2, -0.15) is 5.48 Å². The first kappa shape index (κ1) is 12.8. The molecule has 0 saturated carbocycles. The molecule has 1 aromatic carbocycles. The Bertz CT molecular complexity index is 425. The molecule has 0 unspecified atom stereocenters. The van der Waals surface area contributed by atoms with Crippen LogP contribution in [-0.2, 0) is 20.8 Å². The quantitative estimate of drug-likeness (QED) is 0.470. The first-order valence-electron chi connectivity index (χ1n) is 5.00. The summed E-state index contributed by atoms with van der Waals surface area (Å²) in [5, 5.41) is 9.33. The average molecular weight is 235 g/mol. The second-order valence-electron chi connectivity index (χ2n) is 3.33. The third kappa shape index (κ3) is 4.83. The Labute approximate surface area is 98.7 Å². The van der Waals surface area contributed by atoms with Crippen molar-refractivity contribution >= 4 is 11.9 Å². The summed E-state index contributed by atoms with van der Waals surface area (Å²) in [5.41, 5.74) is 2.79. The van der Waals surface area contributed by atoms with Gasteiger partial charge in [-0.1, -0.05) is 30.3 Å². The number of aliphatic hydroxyl groups excluding tert-OH is 1. The molecule has 90 valence electrons. The Hall–Kier alpha value is -2.30. The molecule has 1 rings (SSSR count). The minimum atomic E-state index is -0.990. The van der Waals surface area contributed by atoms with E-state index in [0.29, 0.717) is 6.42 Å². The molecule has 1 amide bonds. The van der Waals surface area contributed by atoms with Gasteiger partial charge in [0.25, 0.3) is 0 Å². The number of hydrogen-bond acceptors (Lipinski definition) is 4. The predicted molar refractivity (Wildman–Crippen MR) is 60.8 cm³/mol. The Morgan fingerprint density at radius 1 is 1.35 bits per heavy atom. The van der Waals surface area contributed by atoms with Gasteiger partial charge in [0.05, 0.1) is 0 Å². The van der Waals surface area contributed by atoms with Crippen molar-refractivity contribution in [3.63, 3.8) is 0 Å². The molecule has 0 aliphatic rings. The van der Waals surface area contributed by atoms with E-state index in [1.165, 1.54) is 13.0 Å². The van der Waals surface area contributed by atoms with Gasteiger partial charge in [-0.05, 0) is 18.1 Å². The molecular weight excluding hydrogens is 222 g/mol. The lowest BCUT2D eigenvalue weighted by Crippen LogP contribution is -2.25. The number of hydrogen-bond donors (Lipinski definition) is 2. The molecule has 0 heterocycles. The molecule has 0 radical (unpaired) electrons. The average Bonchev–Trinajstić information content (AvgIpc) is 2.34. The highest BCUT2D eigenvalue weighted by Crippen LogP contribution is 2.02. The van der Waals surface area contributed by atoms with E-state index in [1.807, 2.05) is 35.8 Å². The molecule has 5 heteroatoms. The van der Waals surface area contributed by atoms with Crippen LogP contribution in [0.2, 0.25) is 0 Å². The zero-order valence-electron chi connectivity index (χ0n) is 9.34. The topological polar surface area (TPSA) is 75.6 Å². The van der Waals surface area contributed by atoms with Gasteiger partial charge in [0.2, 0.25) is 5.91 Å². The summed E-state index contributed by atoms with van der Waals surface area (Å²) < 4.78 is 0. The van der Waals surface area contributed by atoms with Gasteiger partial charge < -0.3 is 9.94 Å². The molecule has 5 nitrogen and oxygen atoms in total. The minimum absolute atomic E-state index is 0.405. The molecule has 1 aromatic rings. The summed E-state index contributed by atoms with van der Waals surface area (Å²) >= 11 is 0. The summed E-state index contributed by atoms with van der Waals surface area (Å²) in [5.74, 6) is -2.05. The summed E-state index contributed by atoms with van der Waals surface area (Å²) in [6, 6.07) is 9.32. The minimum Gasteiger partial charge on any atom is -0.502 e. The predicted octanol–water partition coefficient (Wildman–Crippen LogP) is 1.27. The van der Waals surface area contributed by atoms with Gasteiger partial charge in [-0.3, -0.25) is 4.79 Å². The van der Waals surface area contributed by atoms with Crippen LogP contribution in [0.1, 0.15) is 12.5 Å². The second kappa shape index (κ2) is 6.32. The fourth-order valence-corrected chi connectivity index (χ4v) is 1.08. The molecule has 0 aliphatic carbocycles. The van der Waals surface area contributed by atoms with E-state index >= 15 is 0 Å². The lowest BCUT2D eigenvalue weighted by molar-refractivity contribution is -0.156. The van der Waals surface area contributed by atoms with Crippen molar-refractivity contribution in [1.82, 2.24) is 5.48 Å². The summed E-state index contributed by atoms with van der Waals surface area (Å²) in [7, 11) is 0. The maximum atomic E-state index is 11.1. The summed E-state index contributed by atoms with van der Waals surface area (Å²) in [6.07, 6.45) is 1.72. The van der Waals surface area contributed by atoms with E-state index in [-0.39, 0.29) is 0 Å². The summed E-state index contributed by atoms with van der Waals surface area (Å²) in [4.78, 5) is 25.9. The maximum absolute atomic E-state index is 11.1. The van der Waals surface area contributed by atoms with Crippen LogP contribution in [0.5, 0.6) is 0 Å².